The van der Waals surface area contributed by atoms with Crippen LogP contribution in [0.2, 0.25) is 0 Å². The first-order valence-corrected chi connectivity index (χ1v) is 11.3. The van der Waals surface area contributed by atoms with Gasteiger partial charge < -0.3 is 15.1 Å². The normalized spacial score (nSPS) is 17.7. The number of amides is 1. The van der Waals surface area contributed by atoms with E-state index in [-0.39, 0.29) is 18.2 Å². The molecule has 0 saturated carbocycles. The second-order valence-electron chi connectivity index (χ2n) is 8.56. The van der Waals surface area contributed by atoms with Crippen LogP contribution in [0.25, 0.3) is 22.2 Å². The lowest BCUT2D eigenvalue weighted by Gasteiger charge is -2.21. The Kier molecular flexibility index (Phi) is 6.90. The van der Waals surface area contributed by atoms with Crippen LogP contribution in [0.1, 0.15) is 31.2 Å². The molecule has 0 aliphatic carbocycles. The minimum Gasteiger partial charge on any atom is -0.408 e. The van der Waals surface area contributed by atoms with Crippen LogP contribution in [0, 0.1) is 23.1 Å². The highest BCUT2D eigenvalue weighted by atomic mass is 19.1. The maximum absolute atomic E-state index is 14.9. The van der Waals surface area contributed by atoms with E-state index in [2.05, 4.69) is 16.7 Å². The first-order chi connectivity index (χ1) is 16.0. The van der Waals surface area contributed by atoms with Crippen LogP contribution in [0.3, 0.4) is 0 Å². The molecule has 8 heteroatoms. The number of oxazole rings is 1. The standard InChI is InChI=1S/C25H27FN4O3/c1-30-22-13-17(8-9-23(22)33-25(30)32)16-6-7-18(21(26)12-16)11-20(14-27)29-24(31)19-5-3-2-4-10-28-15-19/h6-9,12-13,19-20,28H,2-5,10-11,15H2,1H3,(H,29,31)/t19?,20-/m0/s1. The number of nitrogens with one attached hydrogen (secondary N) is 2. The van der Waals surface area contributed by atoms with Crippen LogP contribution in [0.5, 0.6) is 0 Å². The Hall–Kier alpha value is -3.44. The number of carbonyl (C=O) groups is 1. The minimum absolute atomic E-state index is 0.0871. The lowest BCUT2D eigenvalue weighted by molar-refractivity contribution is -0.125. The summed E-state index contributed by atoms with van der Waals surface area (Å²) in [5, 5.41) is 15.6. The lowest BCUT2D eigenvalue weighted by Crippen LogP contribution is -2.43. The Morgan fingerprint density at radius 3 is 2.85 bits per heavy atom. The van der Waals surface area contributed by atoms with E-state index in [1.165, 1.54) is 10.6 Å². The average molecular weight is 451 g/mol. The number of aryl methyl sites for hydroxylation is 1. The molecule has 0 radical (unpaired) electrons. The summed E-state index contributed by atoms with van der Waals surface area (Å²) in [7, 11) is 1.62. The fraction of sp³-hybridized carbons (Fsp3) is 0.400. The van der Waals surface area contributed by atoms with Gasteiger partial charge in [-0.25, -0.2) is 9.18 Å². The maximum Gasteiger partial charge on any atom is 0.419 e. The van der Waals surface area contributed by atoms with Crippen molar-refractivity contribution in [1.29, 1.82) is 5.26 Å². The monoisotopic (exact) mass is 450 g/mol. The highest BCUT2D eigenvalue weighted by Gasteiger charge is 2.23. The number of aromatic nitrogens is 1. The van der Waals surface area contributed by atoms with E-state index < -0.39 is 17.6 Å². The number of fused-ring (bicyclic) bond motifs is 1. The number of nitrogens with zero attached hydrogens (tertiary/aromatic N) is 2. The second kappa shape index (κ2) is 10.0. The van der Waals surface area contributed by atoms with Crippen molar-refractivity contribution >= 4 is 17.0 Å². The van der Waals surface area contributed by atoms with Gasteiger partial charge in [0.25, 0.3) is 0 Å². The highest BCUT2D eigenvalue weighted by molar-refractivity contribution is 5.81. The summed E-state index contributed by atoms with van der Waals surface area (Å²) in [5.41, 5.74) is 2.84. The number of rotatable bonds is 5. The number of hydrogen-bond acceptors (Lipinski definition) is 5. The molecule has 2 atom stereocenters. The molecule has 172 valence electrons. The zero-order valence-electron chi connectivity index (χ0n) is 18.6. The molecular weight excluding hydrogens is 423 g/mol. The molecule has 1 unspecified atom stereocenters. The van der Waals surface area contributed by atoms with Gasteiger partial charge in [-0.2, -0.15) is 5.26 Å². The van der Waals surface area contributed by atoms with Gasteiger partial charge in [0.15, 0.2) is 5.58 Å². The van der Waals surface area contributed by atoms with Crippen LogP contribution in [-0.4, -0.2) is 29.6 Å². The van der Waals surface area contributed by atoms with Crippen molar-refractivity contribution in [3.63, 3.8) is 0 Å². The van der Waals surface area contributed by atoms with E-state index >= 15 is 0 Å². The summed E-state index contributed by atoms with van der Waals surface area (Å²) in [6.45, 7) is 1.49. The van der Waals surface area contributed by atoms with Gasteiger partial charge in [-0.3, -0.25) is 9.36 Å². The summed E-state index contributed by atoms with van der Waals surface area (Å²) in [6, 6.07) is 11.3. The zero-order valence-corrected chi connectivity index (χ0v) is 18.6. The third kappa shape index (κ3) is 5.15. The number of halogens is 1. The number of carbonyl (C=O) groups excluding carboxylic acids is 1. The van der Waals surface area contributed by atoms with Gasteiger partial charge in [0.2, 0.25) is 5.91 Å². The predicted octanol–water partition coefficient (Wildman–Crippen LogP) is 3.27. The van der Waals surface area contributed by atoms with E-state index in [9.17, 15) is 19.2 Å². The van der Waals surface area contributed by atoms with Gasteiger partial charge in [-0.1, -0.05) is 31.0 Å². The molecular formula is C25H27FN4O3. The molecule has 33 heavy (non-hydrogen) atoms. The molecule has 1 aliphatic heterocycles. The third-order valence-electron chi connectivity index (χ3n) is 6.24. The molecule has 1 aromatic heterocycles. The van der Waals surface area contributed by atoms with Crippen LogP contribution in [0.4, 0.5) is 4.39 Å². The van der Waals surface area contributed by atoms with Gasteiger partial charge in [-0.15, -0.1) is 0 Å². The number of benzene rings is 2. The first kappa shape index (κ1) is 22.7. The van der Waals surface area contributed by atoms with E-state index in [0.717, 1.165) is 37.8 Å². The summed E-state index contributed by atoms with van der Waals surface area (Å²) in [5.74, 6) is -1.24. The van der Waals surface area contributed by atoms with Gasteiger partial charge in [-0.05, 0) is 54.3 Å². The summed E-state index contributed by atoms with van der Waals surface area (Å²) in [6.07, 6.45) is 4.06. The van der Waals surface area contributed by atoms with Gasteiger partial charge in [0, 0.05) is 20.0 Å². The fourth-order valence-corrected chi connectivity index (χ4v) is 4.26. The third-order valence-corrected chi connectivity index (χ3v) is 6.24. The maximum atomic E-state index is 14.9. The van der Waals surface area contributed by atoms with Crippen LogP contribution < -0.4 is 16.4 Å². The molecule has 1 saturated heterocycles. The minimum atomic E-state index is -0.805. The SMILES string of the molecule is Cn1c(=O)oc2ccc(-c3ccc(C[C@@H](C#N)NC(=O)C4CCCCCNC4)c(F)c3)cc21. The highest BCUT2D eigenvalue weighted by Crippen LogP contribution is 2.26. The Morgan fingerprint density at radius 1 is 1.27 bits per heavy atom. The quantitative estimate of drug-likeness (QED) is 0.622. The van der Waals surface area contributed by atoms with Gasteiger partial charge >= 0.3 is 5.76 Å². The van der Waals surface area contributed by atoms with Crippen LogP contribution >= 0.6 is 0 Å². The Labute approximate surface area is 191 Å². The topological polar surface area (TPSA) is 100 Å². The van der Waals surface area contributed by atoms with Crippen molar-refractivity contribution in [3.8, 4) is 17.2 Å². The second-order valence-corrected chi connectivity index (χ2v) is 8.56. The Balaban J connectivity index is 1.47. The molecule has 3 aromatic rings. The molecule has 2 aromatic carbocycles. The molecule has 4 rings (SSSR count). The van der Waals surface area contributed by atoms with Gasteiger partial charge in [0.05, 0.1) is 17.5 Å². The first-order valence-electron chi connectivity index (χ1n) is 11.3. The van der Waals surface area contributed by atoms with E-state index in [0.29, 0.717) is 28.8 Å². The van der Waals surface area contributed by atoms with Crippen LogP contribution in [0.15, 0.2) is 45.6 Å². The molecule has 7 nitrogen and oxygen atoms in total. The Bertz CT molecular complexity index is 1250. The predicted molar refractivity (Wildman–Crippen MR) is 123 cm³/mol. The average Bonchev–Trinajstić information content (AvgIpc) is 3.07. The number of hydrogen-bond donors (Lipinski definition) is 2. The molecule has 1 fully saturated rings. The van der Waals surface area contributed by atoms with Crippen molar-refractivity contribution < 1.29 is 13.6 Å². The summed E-state index contributed by atoms with van der Waals surface area (Å²) < 4.78 is 21.5. The van der Waals surface area contributed by atoms with Crippen molar-refractivity contribution in [2.45, 2.75) is 38.1 Å². The number of nitriles is 1. The van der Waals surface area contributed by atoms with Crippen molar-refractivity contribution in [2.75, 3.05) is 13.1 Å². The van der Waals surface area contributed by atoms with Crippen LogP contribution in [-0.2, 0) is 18.3 Å². The molecule has 1 amide bonds. The molecule has 2 N–H and O–H groups in total. The molecule has 0 bridgehead atoms. The van der Waals surface area contributed by atoms with E-state index in [1.54, 1.807) is 37.4 Å². The van der Waals surface area contributed by atoms with Gasteiger partial charge in [0.1, 0.15) is 11.9 Å². The smallest absolute Gasteiger partial charge is 0.408 e. The van der Waals surface area contributed by atoms with Crippen molar-refractivity contribution in [2.24, 2.45) is 13.0 Å². The summed E-state index contributed by atoms with van der Waals surface area (Å²) >= 11 is 0. The Morgan fingerprint density at radius 2 is 2.06 bits per heavy atom. The lowest BCUT2D eigenvalue weighted by atomic mass is 9.97. The molecule has 0 spiro atoms. The molecule has 1 aliphatic rings. The molecule has 2 heterocycles. The largest absolute Gasteiger partial charge is 0.419 e. The fourth-order valence-electron chi connectivity index (χ4n) is 4.26. The van der Waals surface area contributed by atoms with Crippen molar-refractivity contribution in [3.05, 3.63) is 58.3 Å². The van der Waals surface area contributed by atoms with E-state index in [1.807, 2.05) is 0 Å². The van der Waals surface area contributed by atoms with E-state index in [4.69, 9.17) is 4.42 Å². The summed E-state index contributed by atoms with van der Waals surface area (Å²) in [4.78, 5) is 24.4. The zero-order chi connectivity index (χ0) is 23.4. The van der Waals surface area contributed by atoms with Crippen molar-refractivity contribution in [1.82, 2.24) is 15.2 Å².